The van der Waals surface area contributed by atoms with E-state index < -0.39 is 0 Å². The lowest BCUT2D eigenvalue weighted by atomic mass is 10.2. The Labute approximate surface area is 154 Å². The maximum atomic E-state index is 12.5. The van der Waals surface area contributed by atoms with Crippen molar-refractivity contribution in [1.29, 1.82) is 0 Å². The highest BCUT2D eigenvalue weighted by Crippen LogP contribution is 2.25. The van der Waals surface area contributed by atoms with Gasteiger partial charge in [-0.1, -0.05) is 48.2 Å². The topological polar surface area (TPSA) is 83.6 Å². The summed E-state index contributed by atoms with van der Waals surface area (Å²) in [5.41, 5.74) is 4.22. The zero-order chi connectivity index (χ0) is 18.1. The molecule has 4 rings (SSSR count). The van der Waals surface area contributed by atoms with E-state index in [2.05, 4.69) is 25.5 Å². The normalized spacial score (nSPS) is 12.4. The summed E-state index contributed by atoms with van der Waals surface area (Å²) >= 11 is 1.28. The molecule has 1 amide bonds. The van der Waals surface area contributed by atoms with Crippen LogP contribution < -0.4 is 5.32 Å². The van der Waals surface area contributed by atoms with Crippen molar-refractivity contribution < 1.29 is 4.79 Å². The molecule has 0 aliphatic rings. The van der Waals surface area contributed by atoms with E-state index >= 15 is 0 Å². The molecule has 2 aromatic heterocycles. The van der Waals surface area contributed by atoms with E-state index in [0.29, 0.717) is 10.8 Å². The average molecular weight is 363 g/mol. The van der Waals surface area contributed by atoms with Gasteiger partial charge in [0.1, 0.15) is 5.52 Å². The van der Waals surface area contributed by atoms with E-state index in [1.54, 1.807) is 0 Å². The number of anilines is 1. The van der Waals surface area contributed by atoms with Gasteiger partial charge in [-0.15, -0.1) is 10.2 Å². The molecular weight excluding hydrogens is 346 g/mol. The fraction of sp³-hybridized carbons (Fsp3) is 0.158. The molecule has 4 aromatic rings. The largest absolute Gasteiger partial charge is 0.338 e. The molecule has 0 spiro atoms. The first-order valence-electron chi connectivity index (χ1n) is 8.26. The number of aryl methyl sites for hydroxylation is 1. The lowest BCUT2D eigenvalue weighted by molar-refractivity contribution is -0.115. The van der Waals surface area contributed by atoms with E-state index in [4.69, 9.17) is 0 Å². The molecule has 26 heavy (non-hydrogen) atoms. The van der Waals surface area contributed by atoms with Crippen molar-refractivity contribution in [3.8, 4) is 0 Å². The van der Waals surface area contributed by atoms with Crippen LogP contribution in [0.15, 0.2) is 53.7 Å². The third-order valence-electron chi connectivity index (χ3n) is 4.16. The number of rotatable bonds is 4. The second kappa shape index (κ2) is 6.76. The molecule has 0 aliphatic heterocycles. The third kappa shape index (κ3) is 3.13. The Morgan fingerprint density at radius 3 is 2.73 bits per heavy atom. The number of nitrogens with one attached hydrogen (secondary N) is 2. The summed E-state index contributed by atoms with van der Waals surface area (Å²) < 4.78 is 0. The Kier molecular flexibility index (Phi) is 4.30. The van der Waals surface area contributed by atoms with Gasteiger partial charge in [0.05, 0.1) is 5.25 Å². The predicted octanol–water partition coefficient (Wildman–Crippen LogP) is 3.93. The number of thioether (sulfide) groups is 1. The van der Waals surface area contributed by atoms with E-state index in [9.17, 15) is 4.79 Å². The molecule has 2 aromatic carbocycles. The van der Waals surface area contributed by atoms with Gasteiger partial charge in [0.15, 0.2) is 5.65 Å². The second-order valence-electron chi connectivity index (χ2n) is 6.03. The fourth-order valence-electron chi connectivity index (χ4n) is 2.71. The number of nitrogens with zero attached hydrogens (tertiary/aromatic N) is 3. The number of hydrogen-bond donors (Lipinski definition) is 2. The highest BCUT2D eigenvalue weighted by Gasteiger charge is 2.18. The minimum absolute atomic E-state index is 0.0929. The zero-order valence-corrected chi connectivity index (χ0v) is 15.2. The number of hydrogen-bond acceptors (Lipinski definition) is 5. The van der Waals surface area contributed by atoms with Crippen molar-refractivity contribution in [2.75, 3.05) is 5.32 Å². The highest BCUT2D eigenvalue weighted by atomic mass is 32.2. The number of carbonyl (C=O) groups excluding carboxylic acids is 1. The number of fused-ring (bicyclic) bond motifs is 3. The Balaban J connectivity index is 1.53. The van der Waals surface area contributed by atoms with Gasteiger partial charge in [-0.05, 0) is 31.5 Å². The Hall–Kier alpha value is -2.93. The first-order valence-corrected chi connectivity index (χ1v) is 9.14. The van der Waals surface area contributed by atoms with Crippen molar-refractivity contribution >= 4 is 45.4 Å². The number of aromatic amines is 1. The molecule has 6 nitrogen and oxygen atoms in total. The van der Waals surface area contributed by atoms with Gasteiger partial charge in [0.25, 0.3) is 0 Å². The Bertz CT molecular complexity index is 1110. The van der Waals surface area contributed by atoms with Crippen LogP contribution >= 0.6 is 11.8 Å². The molecule has 2 N–H and O–H groups in total. The van der Waals surface area contributed by atoms with E-state index in [1.807, 2.05) is 62.4 Å². The maximum Gasteiger partial charge on any atom is 0.237 e. The summed E-state index contributed by atoms with van der Waals surface area (Å²) in [7, 11) is 0. The zero-order valence-electron chi connectivity index (χ0n) is 14.4. The molecule has 130 valence electrons. The minimum Gasteiger partial charge on any atom is -0.338 e. The van der Waals surface area contributed by atoms with Gasteiger partial charge in [-0.2, -0.15) is 0 Å². The van der Waals surface area contributed by atoms with Crippen molar-refractivity contribution in [2.45, 2.75) is 24.3 Å². The molecule has 0 saturated carbocycles. The molecule has 0 aliphatic carbocycles. The first kappa shape index (κ1) is 16.5. The molecule has 0 radical (unpaired) electrons. The lowest BCUT2D eigenvalue weighted by Crippen LogP contribution is -2.23. The Morgan fingerprint density at radius 1 is 1.12 bits per heavy atom. The third-order valence-corrected chi connectivity index (χ3v) is 5.11. The molecule has 7 heteroatoms. The van der Waals surface area contributed by atoms with Crippen LogP contribution in [-0.4, -0.2) is 31.3 Å². The van der Waals surface area contributed by atoms with Crippen molar-refractivity contribution in [2.24, 2.45) is 0 Å². The maximum absolute atomic E-state index is 12.5. The van der Waals surface area contributed by atoms with E-state index in [-0.39, 0.29) is 11.2 Å². The van der Waals surface area contributed by atoms with Crippen LogP contribution in [0.1, 0.15) is 12.5 Å². The summed E-state index contributed by atoms with van der Waals surface area (Å²) in [6.45, 7) is 3.79. The standard InChI is InChI=1S/C19H17N5OS/c1-11-7-3-5-9-14(11)21-18(25)12(2)26-19-22-17-16(23-24-19)13-8-4-6-10-15(13)20-17/h3-10,12H,1-2H3,(H,21,25)(H,20,22,24)/t12-/m1/s1. The van der Waals surface area contributed by atoms with Crippen LogP contribution in [-0.2, 0) is 4.79 Å². The molecular formula is C19H17N5OS. The summed E-state index contributed by atoms with van der Waals surface area (Å²) in [5, 5.41) is 12.5. The number of amides is 1. The molecule has 0 bridgehead atoms. The summed E-state index contributed by atoms with van der Waals surface area (Å²) in [4.78, 5) is 20.2. The number of H-pyrrole nitrogens is 1. The van der Waals surface area contributed by atoms with Crippen molar-refractivity contribution in [3.63, 3.8) is 0 Å². The number of carbonyl (C=O) groups is 1. The SMILES string of the molecule is Cc1ccccc1NC(=O)[C@@H](C)Sc1nnc2c(n1)[nH]c1ccccc12. The molecule has 0 saturated heterocycles. The first-order chi connectivity index (χ1) is 12.6. The summed E-state index contributed by atoms with van der Waals surface area (Å²) in [6.07, 6.45) is 0. The summed E-state index contributed by atoms with van der Waals surface area (Å²) in [6, 6.07) is 15.6. The summed E-state index contributed by atoms with van der Waals surface area (Å²) in [5.74, 6) is -0.0929. The van der Waals surface area contributed by atoms with Gasteiger partial charge in [-0.25, -0.2) is 4.98 Å². The van der Waals surface area contributed by atoms with Crippen molar-refractivity contribution in [1.82, 2.24) is 20.2 Å². The van der Waals surface area contributed by atoms with Gasteiger partial charge in [0, 0.05) is 16.6 Å². The van der Waals surface area contributed by atoms with Crippen LogP contribution in [0.2, 0.25) is 0 Å². The van der Waals surface area contributed by atoms with Crippen LogP contribution in [0.25, 0.3) is 22.1 Å². The molecule has 1 atom stereocenters. The lowest BCUT2D eigenvalue weighted by Gasteiger charge is -2.12. The highest BCUT2D eigenvalue weighted by molar-refractivity contribution is 8.00. The number of aromatic nitrogens is 4. The van der Waals surface area contributed by atoms with E-state index in [1.165, 1.54) is 11.8 Å². The molecule has 0 unspecified atom stereocenters. The van der Waals surface area contributed by atoms with Gasteiger partial charge < -0.3 is 10.3 Å². The molecule has 2 heterocycles. The van der Waals surface area contributed by atoms with Gasteiger partial charge >= 0.3 is 0 Å². The predicted molar refractivity (Wildman–Crippen MR) is 104 cm³/mol. The van der Waals surface area contributed by atoms with Crippen LogP contribution in [0, 0.1) is 6.92 Å². The molecule has 0 fully saturated rings. The van der Waals surface area contributed by atoms with Gasteiger partial charge in [0.2, 0.25) is 11.1 Å². The smallest absolute Gasteiger partial charge is 0.237 e. The number of benzene rings is 2. The Morgan fingerprint density at radius 2 is 1.88 bits per heavy atom. The fourth-order valence-corrected chi connectivity index (χ4v) is 3.43. The van der Waals surface area contributed by atoms with Crippen LogP contribution in [0.3, 0.4) is 0 Å². The van der Waals surface area contributed by atoms with Crippen LogP contribution in [0.4, 0.5) is 5.69 Å². The number of para-hydroxylation sites is 2. The monoisotopic (exact) mass is 363 g/mol. The quantitative estimate of drug-likeness (QED) is 0.537. The second-order valence-corrected chi connectivity index (χ2v) is 7.33. The minimum atomic E-state index is -0.349. The van der Waals surface area contributed by atoms with Crippen LogP contribution in [0.5, 0.6) is 0 Å². The van der Waals surface area contributed by atoms with Crippen molar-refractivity contribution in [3.05, 3.63) is 54.1 Å². The van der Waals surface area contributed by atoms with E-state index in [0.717, 1.165) is 27.7 Å². The van der Waals surface area contributed by atoms with Gasteiger partial charge in [-0.3, -0.25) is 4.79 Å². The average Bonchev–Trinajstić information content (AvgIpc) is 3.01.